The number of ketones is 1. The van der Waals surface area contributed by atoms with Crippen LogP contribution in [0.25, 0.3) is 0 Å². The van der Waals surface area contributed by atoms with Crippen LogP contribution in [0.1, 0.15) is 21.5 Å². The summed E-state index contributed by atoms with van der Waals surface area (Å²) in [6, 6.07) is 12.6. The van der Waals surface area contributed by atoms with E-state index in [0.29, 0.717) is 11.1 Å². The number of nitriles is 1. The summed E-state index contributed by atoms with van der Waals surface area (Å²) < 4.78 is 13.9. The lowest BCUT2D eigenvalue weighted by atomic mass is 10.1. The highest BCUT2D eigenvalue weighted by atomic mass is 19.1. The Labute approximate surface area is 120 Å². The molecular weight excluding hydrogens is 271 g/mol. The lowest BCUT2D eigenvalue weighted by molar-refractivity contribution is -0.114. The minimum Gasteiger partial charge on any atom is -0.298 e. The van der Waals surface area contributed by atoms with E-state index in [0.717, 1.165) is 4.90 Å². The van der Waals surface area contributed by atoms with Gasteiger partial charge in [0.15, 0.2) is 0 Å². The molecule has 0 unspecified atom stereocenters. The van der Waals surface area contributed by atoms with Crippen LogP contribution in [0.2, 0.25) is 0 Å². The van der Waals surface area contributed by atoms with Crippen LogP contribution in [0, 0.1) is 17.1 Å². The zero-order chi connectivity index (χ0) is 15.0. The third-order valence-electron chi connectivity index (χ3n) is 3.36. The van der Waals surface area contributed by atoms with E-state index in [2.05, 4.69) is 0 Å². The molecule has 3 rings (SSSR count). The average molecular weight is 280 g/mol. The lowest BCUT2D eigenvalue weighted by Gasteiger charge is -2.17. The standard InChI is InChI=1S/C16H9FN2O2/c17-13-3-1-2-12-14(13)19(16(21)15(12)20)9-11-6-4-10(8-18)5-7-11/h1-7H,9H2. The van der Waals surface area contributed by atoms with Crippen molar-refractivity contribution in [3.05, 3.63) is 65.0 Å². The minimum absolute atomic E-state index is 0.0249. The summed E-state index contributed by atoms with van der Waals surface area (Å²) in [6.07, 6.45) is 0. The number of benzene rings is 2. The molecule has 0 saturated heterocycles. The number of anilines is 1. The number of hydrogen-bond donors (Lipinski definition) is 0. The Morgan fingerprint density at radius 1 is 1.10 bits per heavy atom. The third kappa shape index (κ3) is 2.07. The molecule has 0 N–H and O–H groups in total. The van der Waals surface area contributed by atoms with Crippen molar-refractivity contribution < 1.29 is 14.0 Å². The summed E-state index contributed by atoms with van der Waals surface area (Å²) in [5.41, 5.74) is 1.32. The molecule has 2 aromatic carbocycles. The molecule has 102 valence electrons. The Bertz CT molecular complexity index is 791. The van der Waals surface area contributed by atoms with Gasteiger partial charge in [0.05, 0.1) is 29.4 Å². The number of halogens is 1. The van der Waals surface area contributed by atoms with Crippen molar-refractivity contribution in [3.8, 4) is 6.07 Å². The minimum atomic E-state index is -0.737. The average Bonchev–Trinajstić information content (AvgIpc) is 2.74. The fraction of sp³-hybridized carbons (Fsp3) is 0.0625. The fourth-order valence-electron chi connectivity index (χ4n) is 2.33. The molecule has 0 atom stereocenters. The highest BCUT2D eigenvalue weighted by Gasteiger charge is 2.37. The molecule has 0 saturated carbocycles. The van der Waals surface area contributed by atoms with Crippen molar-refractivity contribution in [2.75, 3.05) is 4.90 Å². The van der Waals surface area contributed by atoms with Crippen LogP contribution in [0.4, 0.5) is 10.1 Å². The van der Waals surface area contributed by atoms with Gasteiger partial charge in [0, 0.05) is 0 Å². The highest BCUT2D eigenvalue weighted by Crippen LogP contribution is 2.32. The van der Waals surface area contributed by atoms with Crippen molar-refractivity contribution in [2.24, 2.45) is 0 Å². The second-order valence-electron chi connectivity index (χ2n) is 4.67. The van der Waals surface area contributed by atoms with Gasteiger partial charge in [-0.3, -0.25) is 14.5 Å². The van der Waals surface area contributed by atoms with Crippen molar-refractivity contribution in [2.45, 2.75) is 6.54 Å². The van der Waals surface area contributed by atoms with Crippen molar-refractivity contribution in [1.29, 1.82) is 5.26 Å². The van der Waals surface area contributed by atoms with E-state index in [1.165, 1.54) is 18.2 Å². The van der Waals surface area contributed by atoms with E-state index in [1.807, 2.05) is 6.07 Å². The highest BCUT2D eigenvalue weighted by molar-refractivity contribution is 6.52. The second kappa shape index (κ2) is 4.84. The van der Waals surface area contributed by atoms with Crippen molar-refractivity contribution >= 4 is 17.4 Å². The van der Waals surface area contributed by atoms with Gasteiger partial charge in [-0.25, -0.2) is 4.39 Å². The Kier molecular flexibility index (Phi) is 2.99. The normalized spacial score (nSPS) is 13.2. The first-order valence-corrected chi connectivity index (χ1v) is 6.25. The second-order valence-corrected chi connectivity index (χ2v) is 4.67. The maximum absolute atomic E-state index is 13.9. The van der Waals surface area contributed by atoms with E-state index < -0.39 is 17.5 Å². The molecule has 0 fully saturated rings. The summed E-state index contributed by atoms with van der Waals surface area (Å²) in [5.74, 6) is -2.03. The predicted octanol–water partition coefficient (Wildman–Crippen LogP) is 2.43. The zero-order valence-electron chi connectivity index (χ0n) is 10.8. The van der Waals surface area contributed by atoms with E-state index in [9.17, 15) is 14.0 Å². The predicted molar refractivity (Wildman–Crippen MR) is 73.1 cm³/mol. The Morgan fingerprint density at radius 3 is 2.48 bits per heavy atom. The molecule has 5 heteroatoms. The monoisotopic (exact) mass is 280 g/mol. The first-order valence-electron chi connectivity index (χ1n) is 6.25. The number of rotatable bonds is 2. The van der Waals surface area contributed by atoms with Crippen molar-refractivity contribution in [1.82, 2.24) is 0 Å². The van der Waals surface area contributed by atoms with Gasteiger partial charge in [0.2, 0.25) is 0 Å². The summed E-state index contributed by atoms with van der Waals surface area (Å²) in [4.78, 5) is 25.0. The van der Waals surface area contributed by atoms with Crippen LogP contribution in [0.5, 0.6) is 0 Å². The van der Waals surface area contributed by atoms with Gasteiger partial charge < -0.3 is 0 Å². The summed E-state index contributed by atoms with van der Waals surface area (Å²) in [7, 11) is 0. The molecule has 1 heterocycles. The van der Waals surface area contributed by atoms with Gasteiger partial charge in [0.25, 0.3) is 11.7 Å². The maximum Gasteiger partial charge on any atom is 0.299 e. The summed E-state index contributed by atoms with van der Waals surface area (Å²) in [5, 5.41) is 8.75. The number of carbonyl (C=O) groups excluding carboxylic acids is 2. The van der Waals surface area contributed by atoms with Crippen LogP contribution >= 0.6 is 0 Å². The van der Waals surface area contributed by atoms with E-state index >= 15 is 0 Å². The summed E-state index contributed by atoms with van der Waals surface area (Å²) in [6.45, 7) is 0.0875. The largest absolute Gasteiger partial charge is 0.299 e. The maximum atomic E-state index is 13.9. The van der Waals surface area contributed by atoms with Gasteiger partial charge >= 0.3 is 0 Å². The first kappa shape index (κ1) is 13.0. The van der Waals surface area contributed by atoms with Gasteiger partial charge in [-0.05, 0) is 29.8 Å². The van der Waals surface area contributed by atoms with E-state index in [-0.39, 0.29) is 17.8 Å². The number of amides is 1. The van der Waals surface area contributed by atoms with E-state index in [1.54, 1.807) is 24.3 Å². The number of carbonyl (C=O) groups is 2. The summed E-state index contributed by atoms with van der Waals surface area (Å²) >= 11 is 0. The first-order chi connectivity index (χ1) is 10.1. The zero-order valence-corrected chi connectivity index (χ0v) is 10.8. The Hall–Kier alpha value is -3.00. The molecule has 21 heavy (non-hydrogen) atoms. The molecule has 1 aliphatic rings. The van der Waals surface area contributed by atoms with Crippen molar-refractivity contribution in [3.63, 3.8) is 0 Å². The van der Waals surface area contributed by atoms with E-state index in [4.69, 9.17) is 5.26 Å². The van der Waals surface area contributed by atoms with Crippen LogP contribution in [-0.2, 0) is 11.3 Å². The number of fused-ring (bicyclic) bond motifs is 1. The van der Waals surface area contributed by atoms with Crippen LogP contribution < -0.4 is 4.90 Å². The number of nitrogens with zero attached hydrogens (tertiary/aromatic N) is 2. The van der Waals surface area contributed by atoms with Crippen LogP contribution in [0.3, 0.4) is 0 Å². The molecule has 4 nitrogen and oxygen atoms in total. The molecule has 0 spiro atoms. The molecule has 0 bridgehead atoms. The van der Waals surface area contributed by atoms with Gasteiger partial charge in [-0.1, -0.05) is 18.2 Å². The smallest absolute Gasteiger partial charge is 0.298 e. The molecule has 2 aromatic rings. The quantitative estimate of drug-likeness (QED) is 0.794. The molecule has 1 amide bonds. The van der Waals surface area contributed by atoms with Crippen LogP contribution in [0.15, 0.2) is 42.5 Å². The number of hydrogen-bond acceptors (Lipinski definition) is 3. The third-order valence-corrected chi connectivity index (χ3v) is 3.36. The number of para-hydroxylation sites is 1. The van der Waals surface area contributed by atoms with Gasteiger partial charge in [0.1, 0.15) is 5.82 Å². The molecule has 0 aromatic heterocycles. The number of Topliss-reactive ketones (excluding diaryl/α,β-unsaturated/α-hetero) is 1. The Balaban J connectivity index is 1.98. The fourth-order valence-corrected chi connectivity index (χ4v) is 2.33. The molecule has 0 radical (unpaired) electrons. The lowest BCUT2D eigenvalue weighted by Crippen LogP contribution is -2.29. The van der Waals surface area contributed by atoms with Gasteiger partial charge in [-0.15, -0.1) is 0 Å². The molecule has 1 aliphatic heterocycles. The Morgan fingerprint density at radius 2 is 1.81 bits per heavy atom. The van der Waals surface area contributed by atoms with Gasteiger partial charge in [-0.2, -0.15) is 5.26 Å². The topological polar surface area (TPSA) is 61.2 Å². The SMILES string of the molecule is N#Cc1ccc(CN2C(=O)C(=O)c3cccc(F)c32)cc1. The van der Waals surface area contributed by atoms with Crippen LogP contribution in [-0.4, -0.2) is 11.7 Å². The molecular formula is C16H9FN2O2. The molecule has 0 aliphatic carbocycles.